The standard InChI is InChI=1S/C50H39N3O7/c1-2-42-46(39-25-35(54)21-24-43(39)53(42)29-34-17-10-5-11-18-34)50(58)60-45-20-12-19-38-41(31-52(47(38)45)28-33-15-8-4-9-16-33)49(57)59-36-22-23-37-40(48(55)56)30-51(44(37)26-36)27-32-13-6-3-7-14-32/h3-26,30-31,54H,2,27-29H2,1H3,(H,55,56). The number of ether oxygens (including phenoxy) is 2. The Hall–Kier alpha value is -7.85. The number of aromatic hydroxyl groups is 1. The largest absolute Gasteiger partial charge is 0.508 e. The second-order valence-electron chi connectivity index (χ2n) is 14.7. The van der Waals surface area contributed by atoms with E-state index in [0.29, 0.717) is 58.8 Å². The first-order chi connectivity index (χ1) is 29.2. The lowest BCUT2D eigenvalue weighted by molar-refractivity contribution is 0.0694. The monoisotopic (exact) mass is 793 g/mol. The van der Waals surface area contributed by atoms with Gasteiger partial charge in [-0.1, -0.05) is 110 Å². The lowest BCUT2D eigenvalue weighted by Gasteiger charge is -2.12. The number of phenols is 1. The van der Waals surface area contributed by atoms with Gasteiger partial charge in [0, 0.05) is 65.5 Å². The van der Waals surface area contributed by atoms with Crippen LogP contribution >= 0.6 is 0 Å². The first-order valence-corrected chi connectivity index (χ1v) is 19.6. The number of rotatable bonds is 12. The summed E-state index contributed by atoms with van der Waals surface area (Å²) in [6.07, 6.45) is 3.83. The van der Waals surface area contributed by atoms with Gasteiger partial charge in [0.25, 0.3) is 0 Å². The second kappa shape index (κ2) is 15.8. The Morgan fingerprint density at radius 1 is 0.567 bits per heavy atom. The third-order valence-corrected chi connectivity index (χ3v) is 10.8. The molecule has 10 nitrogen and oxygen atoms in total. The maximum Gasteiger partial charge on any atom is 0.346 e. The molecule has 0 aliphatic carbocycles. The molecule has 0 unspecified atom stereocenters. The molecule has 3 aromatic heterocycles. The molecule has 0 fully saturated rings. The quantitative estimate of drug-likeness (QED) is 0.0932. The summed E-state index contributed by atoms with van der Waals surface area (Å²) in [7, 11) is 0. The number of carboxylic acid groups (broad SMARTS) is 1. The molecule has 2 N–H and O–H groups in total. The van der Waals surface area contributed by atoms with Gasteiger partial charge in [-0.2, -0.15) is 0 Å². The Labute approximate surface area is 344 Å². The summed E-state index contributed by atoms with van der Waals surface area (Å²) in [6, 6.07) is 44.6. The molecule has 10 heteroatoms. The number of aromatic carboxylic acids is 1. The fourth-order valence-electron chi connectivity index (χ4n) is 8.14. The van der Waals surface area contributed by atoms with Crippen molar-refractivity contribution in [1.82, 2.24) is 13.7 Å². The molecule has 60 heavy (non-hydrogen) atoms. The van der Waals surface area contributed by atoms with E-state index in [1.54, 1.807) is 60.9 Å². The van der Waals surface area contributed by atoms with Crippen LogP contribution in [-0.2, 0) is 26.1 Å². The number of carbonyl (C=O) groups excluding carboxylic acids is 2. The van der Waals surface area contributed by atoms with Gasteiger partial charge in [0.15, 0.2) is 5.75 Å². The Kier molecular flexibility index (Phi) is 9.95. The summed E-state index contributed by atoms with van der Waals surface area (Å²) in [5.41, 5.74) is 6.45. The van der Waals surface area contributed by atoms with Crippen molar-refractivity contribution in [3.8, 4) is 17.2 Å². The van der Waals surface area contributed by atoms with Crippen molar-refractivity contribution in [1.29, 1.82) is 0 Å². The van der Waals surface area contributed by atoms with Gasteiger partial charge in [0.1, 0.15) is 11.5 Å². The minimum atomic E-state index is -1.05. The van der Waals surface area contributed by atoms with Gasteiger partial charge >= 0.3 is 17.9 Å². The molecule has 6 aromatic carbocycles. The fraction of sp³-hybridized carbons (Fsp3) is 0.100. The summed E-state index contributed by atoms with van der Waals surface area (Å²) in [5, 5.41) is 22.2. The highest BCUT2D eigenvalue weighted by molar-refractivity contribution is 6.10. The van der Waals surface area contributed by atoms with E-state index in [0.717, 1.165) is 27.9 Å². The summed E-state index contributed by atoms with van der Waals surface area (Å²) >= 11 is 0. The highest BCUT2D eigenvalue weighted by Gasteiger charge is 2.27. The minimum Gasteiger partial charge on any atom is -0.508 e. The average Bonchev–Trinajstić information content (AvgIpc) is 3.91. The van der Waals surface area contributed by atoms with E-state index in [9.17, 15) is 24.6 Å². The molecule has 0 radical (unpaired) electrons. The average molecular weight is 794 g/mol. The highest BCUT2D eigenvalue weighted by atomic mass is 16.5. The molecule has 0 aliphatic rings. The van der Waals surface area contributed by atoms with Crippen LogP contribution in [0.3, 0.4) is 0 Å². The van der Waals surface area contributed by atoms with Gasteiger partial charge in [0.05, 0.1) is 27.7 Å². The van der Waals surface area contributed by atoms with Crippen LogP contribution < -0.4 is 9.47 Å². The molecule has 9 aromatic rings. The summed E-state index contributed by atoms with van der Waals surface area (Å²) < 4.78 is 18.2. The third kappa shape index (κ3) is 7.15. The third-order valence-electron chi connectivity index (χ3n) is 10.8. The minimum absolute atomic E-state index is 0.0314. The number of benzene rings is 6. The number of hydrogen-bond acceptors (Lipinski definition) is 6. The maximum atomic E-state index is 14.5. The van der Waals surface area contributed by atoms with Crippen LogP contribution in [-0.4, -0.2) is 41.8 Å². The predicted molar refractivity (Wildman–Crippen MR) is 230 cm³/mol. The Morgan fingerprint density at radius 3 is 1.85 bits per heavy atom. The topological polar surface area (TPSA) is 125 Å². The van der Waals surface area contributed by atoms with Crippen molar-refractivity contribution < 1.29 is 34.1 Å². The number of nitrogens with zero attached hydrogens (tertiary/aromatic N) is 3. The van der Waals surface area contributed by atoms with Gasteiger partial charge in [0.2, 0.25) is 0 Å². The number of carboxylic acids is 1. The van der Waals surface area contributed by atoms with Gasteiger partial charge in [-0.25, -0.2) is 14.4 Å². The van der Waals surface area contributed by atoms with Crippen LogP contribution in [0.5, 0.6) is 17.2 Å². The lowest BCUT2D eigenvalue weighted by Crippen LogP contribution is -2.13. The molecule has 0 aliphatic heterocycles. The lowest BCUT2D eigenvalue weighted by atomic mass is 10.1. The van der Waals surface area contributed by atoms with Crippen molar-refractivity contribution in [2.75, 3.05) is 0 Å². The number of carbonyl (C=O) groups is 3. The summed E-state index contributed by atoms with van der Waals surface area (Å²) in [4.78, 5) is 40.9. The zero-order valence-electron chi connectivity index (χ0n) is 32.6. The molecule has 296 valence electrons. The zero-order chi connectivity index (χ0) is 41.3. The molecular weight excluding hydrogens is 755 g/mol. The van der Waals surface area contributed by atoms with Crippen LogP contribution in [0.15, 0.2) is 158 Å². The van der Waals surface area contributed by atoms with E-state index >= 15 is 0 Å². The molecule has 0 saturated carbocycles. The number of aromatic nitrogens is 3. The van der Waals surface area contributed by atoms with Gasteiger partial charge < -0.3 is 33.4 Å². The Balaban J connectivity index is 1.10. The van der Waals surface area contributed by atoms with E-state index in [4.69, 9.17) is 9.47 Å². The molecule has 0 atom stereocenters. The van der Waals surface area contributed by atoms with Crippen LogP contribution in [0.1, 0.15) is 60.4 Å². The number of para-hydroxylation sites is 1. The number of phenolic OH excluding ortho intramolecular Hbond substituents is 1. The van der Waals surface area contributed by atoms with E-state index in [1.807, 2.05) is 113 Å². The summed E-state index contributed by atoms with van der Waals surface area (Å²) in [5.74, 6) is -1.76. The first-order valence-electron chi connectivity index (χ1n) is 19.6. The Bertz CT molecular complexity index is 3070. The molecule has 0 saturated heterocycles. The van der Waals surface area contributed by atoms with Gasteiger partial charge in [-0.3, -0.25) is 0 Å². The highest BCUT2D eigenvalue weighted by Crippen LogP contribution is 2.36. The van der Waals surface area contributed by atoms with Gasteiger partial charge in [-0.05, 0) is 59.5 Å². The SMILES string of the molecule is CCc1c(C(=O)Oc2cccc3c(C(=O)Oc4ccc5c(C(=O)O)cn(Cc6ccccc6)c5c4)cn(Cc4ccccc4)c23)c2cc(O)ccc2n1Cc1ccccc1. The van der Waals surface area contributed by atoms with Crippen molar-refractivity contribution >= 4 is 50.6 Å². The van der Waals surface area contributed by atoms with Crippen LogP contribution in [0.25, 0.3) is 32.7 Å². The molecular formula is C50H39N3O7. The van der Waals surface area contributed by atoms with E-state index in [2.05, 4.69) is 4.57 Å². The van der Waals surface area contributed by atoms with Crippen LogP contribution in [0.2, 0.25) is 0 Å². The predicted octanol–water partition coefficient (Wildman–Crippen LogP) is 10.1. The molecule has 0 bridgehead atoms. The van der Waals surface area contributed by atoms with Crippen LogP contribution in [0, 0.1) is 0 Å². The van der Waals surface area contributed by atoms with E-state index < -0.39 is 17.9 Å². The maximum absolute atomic E-state index is 14.5. The van der Waals surface area contributed by atoms with Crippen molar-refractivity contribution in [3.63, 3.8) is 0 Å². The number of hydrogen-bond donors (Lipinski definition) is 2. The zero-order valence-corrected chi connectivity index (χ0v) is 32.6. The first kappa shape index (κ1) is 37.7. The smallest absolute Gasteiger partial charge is 0.346 e. The number of fused-ring (bicyclic) bond motifs is 3. The van der Waals surface area contributed by atoms with E-state index in [1.165, 1.54) is 0 Å². The fourth-order valence-corrected chi connectivity index (χ4v) is 8.14. The van der Waals surface area contributed by atoms with E-state index in [-0.39, 0.29) is 28.4 Å². The summed E-state index contributed by atoms with van der Waals surface area (Å²) in [6.45, 7) is 3.29. The molecule has 9 rings (SSSR count). The molecule has 0 spiro atoms. The number of esters is 2. The Morgan fingerprint density at radius 2 is 1.20 bits per heavy atom. The molecule has 0 amide bonds. The molecule has 3 heterocycles. The van der Waals surface area contributed by atoms with Crippen molar-refractivity contribution in [2.45, 2.75) is 33.0 Å². The van der Waals surface area contributed by atoms with Crippen LogP contribution in [0.4, 0.5) is 0 Å². The normalized spacial score (nSPS) is 11.3. The second-order valence-corrected chi connectivity index (χ2v) is 14.7. The van der Waals surface area contributed by atoms with Crippen molar-refractivity contribution in [2.24, 2.45) is 0 Å². The van der Waals surface area contributed by atoms with Gasteiger partial charge in [-0.15, -0.1) is 0 Å². The van der Waals surface area contributed by atoms with Crippen molar-refractivity contribution in [3.05, 3.63) is 197 Å².